The third-order valence-electron chi connectivity index (χ3n) is 7.35. The standard InChI is InChI=1S/C32H38N4O4S/c1-21-14-16-25(17-15-21)34-31(40)35-26(18-23-11-6-5-7-12-23)27(37)30(39)36-20-41-32(3,4)28(36)29(38)33-19-24-13-9-8-10-22(24)2/h5-17,26-28,37H,18-20H2,1-4H3,(H,33,38)(H2,34,35,40)/t26-,27-,28+/m0/s1. The Labute approximate surface area is 245 Å². The van der Waals surface area contributed by atoms with Crippen LogP contribution in [0.4, 0.5) is 10.5 Å². The fraction of sp³-hybridized carbons (Fsp3) is 0.344. The fourth-order valence-corrected chi connectivity index (χ4v) is 6.06. The predicted octanol–water partition coefficient (Wildman–Crippen LogP) is 4.39. The third kappa shape index (κ3) is 7.68. The monoisotopic (exact) mass is 574 g/mol. The molecule has 1 aliphatic rings. The fourth-order valence-electron chi connectivity index (χ4n) is 4.92. The number of benzene rings is 3. The highest BCUT2D eigenvalue weighted by Crippen LogP contribution is 2.40. The molecule has 0 unspecified atom stereocenters. The summed E-state index contributed by atoms with van der Waals surface area (Å²) in [4.78, 5) is 41.6. The quantitative estimate of drug-likeness (QED) is 0.303. The van der Waals surface area contributed by atoms with Gasteiger partial charge in [-0.2, -0.15) is 0 Å². The Bertz CT molecular complexity index is 1360. The van der Waals surface area contributed by atoms with Crippen LogP contribution in [0, 0.1) is 13.8 Å². The second kappa shape index (κ2) is 13.2. The van der Waals surface area contributed by atoms with E-state index in [1.165, 1.54) is 16.7 Å². The van der Waals surface area contributed by atoms with Crippen molar-refractivity contribution in [3.8, 4) is 0 Å². The molecule has 9 heteroatoms. The van der Waals surface area contributed by atoms with Gasteiger partial charge in [-0.15, -0.1) is 11.8 Å². The molecule has 216 valence electrons. The zero-order chi connectivity index (χ0) is 29.6. The third-order valence-corrected chi connectivity index (χ3v) is 8.72. The molecule has 4 N–H and O–H groups in total. The van der Waals surface area contributed by atoms with Crippen molar-refractivity contribution in [2.45, 2.75) is 63.6 Å². The largest absolute Gasteiger partial charge is 0.381 e. The summed E-state index contributed by atoms with van der Waals surface area (Å²) in [6.07, 6.45) is -1.34. The van der Waals surface area contributed by atoms with Crippen LogP contribution in [0.3, 0.4) is 0 Å². The van der Waals surface area contributed by atoms with E-state index >= 15 is 0 Å². The molecular formula is C32H38N4O4S. The molecule has 3 aromatic carbocycles. The Kier molecular flexibility index (Phi) is 9.73. The van der Waals surface area contributed by atoms with Crippen molar-refractivity contribution in [2.75, 3.05) is 11.2 Å². The van der Waals surface area contributed by atoms with E-state index in [-0.39, 0.29) is 18.2 Å². The summed E-state index contributed by atoms with van der Waals surface area (Å²) in [5.74, 6) is -0.636. The van der Waals surface area contributed by atoms with Crippen molar-refractivity contribution in [3.05, 3.63) is 101 Å². The summed E-state index contributed by atoms with van der Waals surface area (Å²) < 4.78 is -0.573. The number of carbonyl (C=O) groups excluding carboxylic acids is 3. The number of thioether (sulfide) groups is 1. The molecule has 41 heavy (non-hydrogen) atoms. The second-order valence-electron chi connectivity index (χ2n) is 10.9. The number of hydrogen-bond donors (Lipinski definition) is 4. The molecule has 0 bridgehead atoms. The maximum Gasteiger partial charge on any atom is 0.319 e. The minimum Gasteiger partial charge on any atom is -0.381 e. The summed E-state index contributed by atoms with van der Waals surface area (Å²) in [5, 5.41) is 19.9. The maximum absolute atomic E-state index is 13.8. The summed E-state index contributed by atoms with van der Waals surface area (Å²) in [6.45, 7) is 8.12. The zero-order valence-corrected chi connectivity index (χ0v) is 24.7. The number of urea groups is 1. The second-order valence-corrected chi connectivity index (χ2v) is 12.5. The molecule has 1 saturated heterocycles. The number of nitrogens with zero attached hydrogens (tertiary/aromatic N) is 1. The van der Waals surface area contributed by atoms with Gasteiger partial charge in [-0.3, -0.25) is 9.59 Å². The van der Waals surface area contributed by atoms with E-state index in [9.17, 15) is 19.5 Å². The molecule has 1 aliphatic heterocycles. The summed E-state index contributed by atoms with van der Waals surface area (Å²) in [7, 11) is 0. The minimum absolute atomic E-state index is 0.226. The number of aliphatic hydroxyl groups excluding tert-OH is 1. The van der Waals surface area contributed by atoms with E-state index in [1.807, 2.05) is 94.4 Å². The van der Waals surface area contributed by atoms with Gasteiger partial charge in [-0.05, 0) is 62.9 Å². The van der Waals surface area contributed by atoms with Crippen LogP contribution in [0.15, 0.2) is 78.9 Å². The van der Waals surface area contributed by atoms with E-state index in [0.717, 1.165) is 22.3 Å². The van der Waals surface area contributed by atoms with Crippen molar-refractivity contribution in [2.24, 2.45) is 0 Å². The predicted molar refractivity (Wildman–Crippen MR) is 163 cm³/mol. The molecule has 3 aromatic rings. The maximum atomic E-state index is 13.8. The lowest BCUT2D eigenvalue weighted by atomic mass is 9.97. The lowest BCUT2D eigenvalue weighted by Crippen LogP contribution is -2.59. The minimum atomic E-state index is -1.57. The van der Waals surface area contributed by atoms with Gasteiger partial charge in [-0.25, -0.2) is 4.79 Å². The highest BCUT2D eigenvalue weighted by atomic mass is 32.2. The van der Waals surface area contributed by atoms with Gasteiger partial charge in [0.1, 0.15) is 6.04 Å². The van der Waals surface area contributed by atoms with E-state index in [1.54, 1.807) is 12.1 Å². The van der Waals surface area contributed by atoms with Crippen LogP contribution < -0.4 is 16.0 Å². The Balaban J connectivity index is 1.50. The van der Waals surface area contributed by atoms with Crippen LogP contribution in [-0.2, 0) is 22.6 Å². The number of aryl methyl sites for hydroxylation is 2. The first-order chi connectivity index (χ1) is 19.5. The lowest BCUT2D eigenvalue weighted by Gasteiger charge is -2.33. The SMILES string of the molecule is Cc1ccc(NC(=O)N[C@@H](Cc2ccccc2)[C@H](O)C(=O)N2CSC(C)(C)[C@H]2C(=O)NCc2ccccc2C)cc1. The van der Waals surface area contributed by atoms with Crippen LogP contribution in [0.25, 0.3) is 0 Å². The molecular weight excluding hydrogens is 536 g/mol. The van der Waals surface area contributed by atoms with Gasteiger partial charge in [0.05, 0.1) is 11.9 Å². The van der Waals surface area contributed by atoms with Crippen molar-refractivity contribution >= 4 is 35.3 Å². The summed E-state index contributed by atoms with van der Waals surface area (Å²) >= 11 is 1.48. The highest BCUT2D eigenvalue weighted by molar-refractivity contribution is 8.00. The number of hydrogen-bond acceptors (Lipinski definition) is 5. The number of anilines is 1. The highest BCUT2D eigenvalue weighted by Gasteiger charge is 2.49. The number of nitrogens with one attached hydrogen (secondary N) is 3. The lowest BCUT2D eigenvalue weighted by molar-refractivity contribution is -0.147. The first-order valence-electron chi connectivity index (χ1n) is 13.7. The van der Waals surface area contributed by atoms with Crippen LogP contribution in [0.2, 0.25) is 0 Å². The van der Waals surface area contributed by atoms with E-state index in [2.05, 4.69) is 16.0 Å². The average molecular weight is 575 g/mol. The first-order valence-corrected chi connectivity index (χ1v) is 14.7. The number of rotatable bonds is 9. The number of carbonyl (C=O) groups is 3. The summed E-state index contributed by atoms with van der Waals surface area (Å²) in [6, 6.07) is 22.2. The Hall–Kier alpha value is -3.82. The van der Waals surface area contributed by atoms with Crippen molar-refractivity contribution < 1.29 is 19.5 Å². The average Bonchev–Trinajstić information content (AvgIpc) is 3.27. The van der Waals surface area contributed by atoms with Gasteiger partial charge in [0, 0.05) is 17.0 Å². The summed E-state index contributed by atoms with van der Waals surface area (Å²) in [5.41, 5.74) is 4.56. The molecule has 1 heterocycles. The van der Waals surface area contributed by atoms with Gasteiger partial charge >= 0.3 is 6.03 Å². The van der Waals surface area contributed by atoms with E-state index < -0.39 is 34.9 Å². The Morgan fingerprint density at radius 2 is 1.63 bits per heavy atom. The van der Waals surface area contributed by atoms with Crippen molar-refractivity contribution in [1.82, 2.24) is 15.5 Å². The van der Waals surface area contributed by atoms with E-state index in [0.29, 0.717) is 12.2 Å². The van der Waals surface area contributed by atoms with Crippen LogP contribution in [0.5, 0.6) is 0 Å². The molecule has 3 atom stereocenters. The van der Waals surface area contributed by atoms with Gasteiger partial charge < -0.3 is 26.0 Å². The molecule has 0 aromatic heterocycles. The molecule has 8 nitrogen and oxygen atoms in total. The van der Waals surface area contributed by atoms with Crippen LogP contribution in [0.1, 0.15) is 36.1 Å². The van der Waals surface area contributed by atoms with Crippen molar-refractivity contribution in [1.29, 1.82) is 0 Å². The molecule has 0 radical (unpaired) electrons. The zero-order valence-electron chi connectivity index (χ0n) is 23.9. The molecule has 0 aliphatic carbocycles. The molecule has 0 spiro atoms. The normalized spacial score (nSPS) is 17.4. The molecule has 1 fully saturated rings. The topological polar surface area (TPSA) is 111 Å². The first kappa shape index (κ1) is 30.1. The Morgan fingerprint density at radius 3 is 2.32 bits per heavy atom. The number of amides is 4. The molecule has 4 amide bonds. The van der Waals surface area contributed by atoms with Crippen molar-refractivity contribution in [3.63, 3.8) is 0 Å². The van der Waals surface area contributed by atoms with Gasteiger partial charge in [0.2, 0.25) is 5.91 Å². The van der Waals surface area contributed by atoms with Gasteiger partial charge in [0.25, 0.3) is 5.91 Å². The smallest absolute Gasteiger partial charge is 0.319 e. The van der Waals surface area contributed by atoms with E-state index in [4.69, 9.17) is 0 Å². The molecule has 0 saturated carbocycles. The Morgan fingerprint density at radius 1 is 0.976 bits per heavy atom. The van der Waals surface area contributed by atoms with Gasteiger partial charge in [0.15, 0.2) is 6.10 Å². The van der Waals surface area contributed by atoms with Crippen LogP contribution >= 0.6 is 11.8 Å². The van der Waals surface area contributed by atoms with Crippen LogP contribution in [-0.4, -0.2) is 56.7 Å². The van der Waals surface area contributed by atoms with Gasteiger partial charge in [-0.1, -0.05) is 72.3 Å². The number of aliphatic hydroxyl groups is 1. The molecule has 4 rings (SSSR count).